The Bertz CT molecular complexity index is 1430. The number of aromatic nitrogens is 3. The number of amides is 1. The van der Waals surface area contributed by atoms with Gasteiger partial charge in [0.1, 0.15) is 12.4 Å². The molecule has 0 unspecified atom stereocenters. The van der Waals surface area contributed by atoms with Crippen molar-refractivity contribution in [3.05, 3.63) is 63.9 Å². The summed E-state index contributed by atoms with van der Waals surface area (Å²) in [7, 11) is -2.29. The molecule has 0 fully saturated rings. The van der Waals surface area contributed by atoms with Gasteiger partial charge in [-0.05, 0) is 61.3 Å². The van der Waals surface area contributed by atoms with Gasteiger partial charge in [-0.25, -0.2) is 9.78 Å². The lowest BCUT2D eigenvalue weighted by molar-refractivity contribution is -0.121. The van der Waals surface area contributed by atoms with Crippen LogP contribution in [-0.2, 0) is 24.4 Å². The van der Waals surface area contributed by atoms with Gasteiger partial charge < -0.3 is 19.1 Å². The van der Waals surface area contributed by atoms with Crippen molar-refractivity contribution in [2.24, 2.45) is 0 Å². The fourth-order valence-electron chi connectivity index (χ4n) is 4.06. The van der Waals surface area contributed by atoms with Gasteiger partial charge in [-0.1, -0.05) is 37.6 Å². The molecule has 0 radical (unpaired) electrons. The predicted octanol–water partition coefficient (Wildman–Crippen LogP) is 4.67. The quantitative estimate of drug-likeness (QED) is 0.316. The second-order valence-electron chi connectivity index (χ2n) is 10.1. The van der Waals surface area contributed by atoms with Gasteiger partial charge in [0.2, 0.25) is 5.91 Å². The number of aryl methyl sites for hydroxylation is 1. The predicted molar refractivity (Wildman–Crippen MR) is 140 cm³/mol. The van der Waals surface area contributed by atoms with E-state index in [0.29, 0.717) is 16.1 Å². The summed E-state index contributed by atoms with van der Waals surface area (Å²) in [6, 6.07) is 12.7. The number of hydrogen-bond acceptors (Lipinski definition) is 5. The molecule has 35 heavy (non-hydrogen) atoms. The number of nitrogens with one attached hydrogen (secondary N) is 1. The summed E-state index contributed by atoms with van der Waals surface area (Å²) in [4.78, 5) is 40.3. The first-order chi connectivity index (χ1) is 16.5. The Hall–Kier alpha value is -2.88. The van der Waals surface area contributed by atoms with Gasteiger partial charge >= 0.3 is 5.76 Å². The fraction of sp³-hybridized carbons (Fsp3) is 0.400. The standard InChI is InChI=1S/C25H31ClN4O4Si/c1-25(2,35(3,4)33)12-7-13-29-19-9-6-5-8-18(19)28-22(29)15-27-23(31)16-30-20-14-17(26)10-11-21(20)34-24(30)32/h5-6,8-11,14,33H,7,12-13,15-16H2,1-4H3,(H,27,31). The molecule has 0 saturated carbocycles. The molecule has 0 bridgehead atoms. The van der Waals surface area contributed by atoms with Crippen LogP contribution in [0.2, 0.25) is 23.2 Å². The average molecular weight is 515 g/mol. The maximum absolute atomic E-state index is 12.7. The van der Waals surface area contributed by atoms with Gasteiger partial charge in [0, 0.05) is 11.6 Å². The summed E-state index contributed by atoms with van der Waals surface area (Å²) in [5.74, 6) is -0.199. The Morgan fingerprint density at radius 2 is 1.91 bits per heavy atom. The van der Waals surface area contributed by atoms with Gasteiger partial charge in [0.05, 0.1) is 23.1 Å². The van der Waals surface area contributed by atoms with Crippen molar-refractivity contribution < 1.29 is 14.0 Å². The SMILES string of the molecule is CC(C)(CCCn1c(CNC(=O)Cn2c(=O)oc3ccc(Cl)cc32)nc2ccccc21)[Si](C)(C)O. The normalized spacial score (nSPS) is 12.5. The van der Waals surface area contributed by atoms with Crippen LogP contribution in [0.1, 0.15) is 32.5 Å². The van der Waals surface area contributed by atoms with Crippen molar-refractivity contribution in [3.8, 4) is 0 Å². The Morgan fingerprint density at radius 3 is 2.66 bits per heavy atom. The molecule has 2 N–H and O–H groups in total. The van der Waals surface area contributed by atoms with Crippen LogP contribution in [0.5, 0.6) is 0 Å². The summed E-state index contributed by atoms with van der Waals surface area (Å²) in [5.41, 5.74) is 2.72. The van der Waals surface area contributed by atoms with Gasteiger partial charge in [-0.2, -0.15) is 0 Å². The number of para-hydroxylation sites is 2. The Kier molecular flexibility index (Phi) is 6.94. The van der Waals surface area contributed by atoms with E-state index in [0.717, 1.165) is 36.2 Å². The van der Waals surface area contributed by atoms with Crippen LogP contribution in [0.15, 0.2) is 51.7 Å². The monoisotopic (exact) mass is 514 g/mol. The minimum Gasteiger partial charge on any atom is -0.432 e. The topological polar surface area (TPSA) is 102 Å². The number of imidazole rings is 1. The van der Waals surface area contributed by atoms with Gasteiger partial charge in [-0.3, -0.25) is 9.36 Å². The number of benzene rings is 2. The van der Waals surface area contributed by atoms with Crippen molar-refractivity contribution >= 4 is 48.0 Å². The number of nitrogens with zero attached hydrogens (tertiary/aromatic N) is 3. The number of oxazole rings is 1. The van der Waals surface area contributed by atoms with E-state index in [1.807, 2.05) is 37.4 Å². The highest BCUT2D eigenvalue weighted by atomic mass is 35.5. The minimum absolute atomic E-state index is 0.110. The van der Waals surface area contributed by atoms with Crippen LogP contribution in [0.3, 0.4) is 0 Å². The molecule has 0 saturated heterocycles. The largest absolute Gasteiger partial charge is 0.432 e. The molecule has 4 rings (SSSR count). The molecule has 0 aliphatic rings. The number of fused-ring (bicyclic) bond motifs is 2. The van der Waals surface area contributed by atoms with E-state index in [1.165, 1.54) is 4.57 Å². The lowest BCUT2D eigenvalue weighted by atomic mass is 10.1. The molecule has 0 spiro atoms. The van der Waals surface area contributed by atoms with E-state index < -0.39 is 14.1 Å². The van der Waals surface area contributed by atoms with Crippen LogP contribution < -0.4 is 11.1 Å². The molecule has 0 aliphatic carbocycles. The third kappa shape index (κ3) is 5.37. The molecular formula is C25H31ClN4O4Si. The average Bonchev–Trinajstić information content (AvgIpc) is 3.28. The summed E-state index contributed by atoms with van der Waals surface area (Å²) >= 11 is 6.05. The molecule has 8 nitrogen and oxygen atoms in total. The fourth-order valence-corrected chi connectivity index (χ4v) is 5.01. The molecule has 1 amide bonds. The lowest BCUT2D eigenvalue weighted by Crippen LogP contribution is -2.39. The Morgan fingerprint density at radius 1 is 1.17 bits per heavy atom. The molecule has 0 aliphatic heterocycles. The van der Waals surface area contributed by atoms with Gasteiger partial charge in [0.25, 0.3) is 0 Å². The number of hydrogen-bond donors (Lipinski definition) is 2. The first kappa shape index (κ1) is 25.2. The molecule has 2 aromatic carbocycles. The zero-order chi connectivity index (χ0) is 25.4. The zero-order valence-electron chi connectivity index (χ0n) is 20.5. The summed E-state index contributed by atoms with van der Waals surface area (Å²) in [5, 5.41) is 3.23. The third-order valence-corrected chi connectivity index (χ3v) is 10.7. The van der Waals surface area contributed by atoms with E-state index in [1.54, 1.807) is 18.2 Å². The van der Waals surface area contributed by atoms with Crippen molar-refractivity contribution in [1.29, 1.82) is 0 Å². The first-order valence-electron chi connectivity index (χ1n) is 11.7. The van der Waals surface area contributed by atoms with E-state index in [4.69, 9.17) is 21.0 Å². The highest BCUT2D eigenvalue weighted by Gasteiger charge is 2.37. The minimum atomic E-state index is -2.29. The summed E-state index contributed by atoms with van der Waals surface area (Å²) in [6.07, 6.45) is 1.77. The zero-order valence-corrected chi connectivity index (χ0v) is 22.2. The molecule has 0 atom stereocenters. The molecule has 4 aromatic rings. The van der Waals surface area contributed by atoms with Crippen molar-refractivity contribution in [2.75, 3.05) is 0 Å². The lowest BCUT2D eigenvalue weighted by Gasteiger charge is -2.35. The van der Waals surface area contributed by atoms with Crippen molar-refractivity contribution in [2.45, 2.75) is 64.5 Å². The first-order valence-corrected chi connectivity index (χ1v) is 15.0. The molecule has 2 aromatic heterocycles. The molecule has 10 heteroatoms. The van der Waals surface area contributed by atoms with Crippen LogP contribution >= 0.6 is 11.6 Å². The second-order valence-corrected chi connectivity index (χ2v) is 15.0. The number of rotatable bonds is 9. The smallest absolute Gasteiger partial charge is 0.420 e. The van der Waals surface area contributed by atoms with E-state index in [2.05, 4.69) is 23.7 Å². The number of halogens is 1. The number of carbonyl (C=O) groups excluding carboxylic acids is 1. The Balaban J connectivity index is 1.49. The second kappa shape index (κ2) is 9.64. The van der Waals surface area contributed by atoms with E-state index in [-0.39, 0.29) is 24.0 Å². The van der Waals surface area contributed by atoms with Crippen LogP contribution in [-0.4, -0.2) is 33.1 Å². The summed E-state index contributed by atoms with van der Waals surface area (Å²) in [6.45, 7) is 8.97. The van der Waals surface area contributed by atoms with E-state index >= 15 is 0 Å². The van der Waals surface area contributed by atoms with Crippen LogP contribution in [0.4, 0.5) is 0 Å². The maximum Gasteiger partial charge on any atom is 0.420 e. The van der Waals surface area contributed by atoms with E-state index in [9.17, 15) is 14.4 Å². The maximum atomic E-state index is 12.7. The van der Waals surface area contributed by atoms with Gasteiger partial charge in [-0.15, -0.1) is 0 Å². The highest BCUT2D eigenvalue weighted by Crippen LogP contribution is 2.40. The number of carbonyl (C=O) groups is 1. The molecule has 186 valence electrons. The molecular weight excluding hydrogens is 484 g/mol. The third-order valence-electron chi connectivity index (χ3n) is 6.95. The van der Waals surface area contributed by atoms with Gasteiger partial charge in [0.15, 0.2) is 13.9 Å². The highest BCUT2D eigenvalue weighted by molar-refractivity contribution is 6.72. The van der Waals surface area contributed by atoms with Crippen LogP contribution in [0, 0.1) is 0 Å². The van der Waals surface area contributed by atoms with Crippen molar-refractivity contribution in [3.63, 3.8) is 0 Å². The summed E-state index contributed by atoms with van der Waals surface area (Å²) < 4.78 is 8.60. The Labute approximate surface area is 209 Å². The van der Waals surface area contributed by atoms with Crippen LogP contribution in [0.25, 0.3) is 22.1 Å². The van der Waals surface area contributed by atoms with Crippen molar-refractivity contribution in [1.82, 2.24) is 19.4 Å². The molecule has 2 heterocycles.